The van der Waals surface area contributed by atoms with Crippen molar-refractivity contribution in [3.63, 3.8) is 0 Å². The number of carbonyl (C=O) groups excluding carboxylic acids is 2. The van der Waals surface area contributed by atoms with E-state index >= 15 is 0 Å². The second-order valence-electron chi connectivity index (χ2n) is 7.27. The van der Waals surface area contributed by atoms with E-state index in [4.69, 9.17) is 0 Å². The first-order chi connectivity index (χ1) is 11.4. The molecule has 3 amide bonds. The summed E-state index contributed by atoms with van der Waals surface area (Å²) in [7, 11) is 0. The summed E-state index contributed by atoms with van der Waals surface area (Å²) in [5.41, 5.74) is 0. The highest BCUT2D eigenvalue weighted by atomic mass is 16.4. The lowest BCUT2D eigenvalue weighted by Crippen LogP contribution is -2.50. The molecule has 0 aromatic heterocycles. The van der Waals surface area contributed by atoms with E-state index in [1.54, 1.807) is 0 Å². The maximum absolute atomic E-state index is 12.3. The van der Waals surface area contributed by atoms with Gasteiger partial charge in [0.2, 0.25) is 5.91 Å². The molecule has 1 atom stereocenters. The molecule has 0 radical (unpaired) electrons. The zero-order chi connectivity index (χ0) is 17.7. The Labute approximate surface area is 143 Å². The Kier molecular flexibility index (Phi) is 6.45. The zero-order valence-electron chi connectivity index (χ0n) is 14.7. The fraction of sp³-hybridized carbons (Fsp3) is 0.824. The molecule has 0 aliphatic carbocycles. The lowest BCUT2D eigenvalue weighted by atomic mass is 9.95. The van der Waals surface area contributed by atoms with Crippen LogP contribution in [0.3, 0.4) is 0 Å². The van der Waals surface area contributed by atoms with Crippen molar-refractivity contribution in [3.05, 3.63) is 0 Å². The van der Waals surface area contributed by atoms with Gasteiger partial charge in [-0.25, -0.2) is 9.59 Å². The van der Waals surface area contributed by atoms with Gasteiger partial charge < -0.3 is 20.2 Å². The average molecular weight is 339 g/mol. The number of nitrogens with zero attached hydrogens (tertiary/aromatic N) is 2. The van der Waals surface area contributed by atoms with Crippen molar-refractivity contribution >= 4 is 17.9 Å². The summed E-state index contributed by atoms with van der Waals surface area (Å²) in [4.78, 5) is 39.6. The van der Waals surface area contributed by atoms with Gasteiger partial charge in [0, 0.05) is 32.1 Å². The van der Waals surface area contributed by atoms with Crippen molar-refractivity contribution in [3.8, 4) is 0 Å². The molecule has 0 aromatic carbocycles. The Morgan fingerprint density at radius 2 is 1.58 bits per heavy atom. The molecule has 2 aliphatic heterocycles. The number of nitrogens with one attached hydrogen (secondary N) is 1. The maximum atomic E-state index is 12.3. The Hall–Kier alpha value is -1.79. The fourth-order valence-electron chi connectivity index (χ4n) is 3.42. The van der Waals surface area contributed by atoms with Crippen molar-refractivity contribution in [2.45, 2.75) is 52.0 Å². The number of carboxylic acids is 1. The van der Waals surface area contributed by atoms with Crippen LogP contribution >= 0.6 is 0 Å². The molecule has 0 spiro atoms. The molecule has 2 fully saturated rings. The monoisotopic (exact) mass is 339 g/mol. The van der Waals surface area contributed by atoms with E-state index < -0.39 is 12.0 Å². The van der Waals surface area contributed by atoms with Crippen LogP contribution in [0.4, 0.5) is 4.79 Å². The molecule has 2 rings (SSSR count). The molecule has 7 nitrogen and oxygen atoms in total. The minimum absolute atomic E-state index is 0.0783. The van der Waals surface area contributed by atoms with Crippen molar-refractivity contribution in [2.75, 3.05) is 26.2 Å². The van der Waals surface area contributed by atoms with Crippen LogP contribution in [0.2, 0.25) is 0 Å². The third kappa shape index (κ3) is 4.85. The second-order valence-corrected chi connectivity index (χ2v) is 7.27. The zero-order valence-corrected chi connectivity index (χ0v) is 14.7. The number of urea groups is 1. The topological polar surface area (TPSA) is 90.0 Å². The molecule has 2 N–H and O–H groups in total. The van der Waals surface area contributed by atoms with E-state index in [2.05, 4.69) is 5.32 Å². The largest absolute Gasteiger partial charge is 0.480 e. The van der Waals surface area contributed by atoms with Gasteiger partial charge in [-0.3, -0.25) is 4.79 Å². The summed E-state index contributed by atoms with van der Waals surface area (Å²) in [6.07, 6.45) is 3.75. The van der Waals surface area contributed by atoms with E-state index in [-0.39, 0.29) is 23.8 Å². The SMILES string of the molecule is CC(C)CC(NC(=O)C1CCN(C(=O)N2CCCC2)CC1)C(=O)O. The van der Waals surface area contributed by atoms with Gasteiger partial charge in [0.1, 0.15) is 6.04 Å². The molecular weight excluding hydrogens is 310 g/mol. The van der Waals surface area contributed by atoms with Crippen molar-refractivity contribution < 1.29 is 19.5 Å². The van der Waals surface area contributed by atoms with Crippen LogP contribution in [-0.2, 0) is 9.59 Å². The summed E-state index contributed by atoms with van der Waals surface area (Å²) < 4.78 is 0. The van der Waals surface area contributed by atoms with Gasteiger partial charge in [0.05, 0.1) is 0 Å². The first kappa shape index (κ1) is 18.5. The Morgan fingerprint density at radius 1 is 1.04 bits per heavy atom. The van der Waals surface area contributed by atoms with E-state index in [9.17, 15) is 19.5 Å². The van der Waals surface area contributed by atoms with Crippen LogP contribution in [0.15, 0.2) is 0 Å². The van der Waals surface area contributed by atoms with Crippen LogP contribution in [-0.4, -0.2) is 65.0 Å². The Bertz CT molecular complexity index is 466. The van der Waals surface area contributed by atoms with Crippen molar-refractivity contribution in [1.82, 2.24) is 15.1 Å². The molecule has 24 heavy (non-hydrogen) atoms. The van der Waals surface area contributed by atoms with Gasteiger partial charge in [-0.05, 0) is 38.0 Å². The van der Waals surface area contributed by atoms with E-state index in [1.807, 2.05) is 23.6 Å². The van der Waals surface area contributed by atoms with Crippen LogP contribution in [0.5, 0.6) is 0 Å². The number of hydrogen-bond acceptors (Lipinski definition) is 3. The molecule has 2 aliphatic rings. The lowest BCUT2D eigenvalue weighted by Gasteiger charge is -2.34. The third-order valence-corrected chi connectivity index (χ3v) is 4.83. The maximum Gasteiger partial charge on any atom is 0.326 e. The number of likely N-dealkylation sites (tertiary alicyclic amines) is 2. The Balaban J connectivity index is 1.81. The molecule has 2 heterocycles. The lowest BCUT2D eigenvalue weighted by molar-refractivity contribution is -0.143. The summed E-state index contributed by atoms with van der Waals surface area (Å²) in [6, 6.07) is -0.753. The van der Waals surface area contributed by atoms with Crippen molar-refractivity contribution in [2.24, 2.45) is 11.8 Å². The van der Waals surface area contributed by atoms with Crippen LogP contribution in [0.1, 0.15) is 46.0 Å². The normalized spacial score (nSPS) is 20.3. The number of aliphatic carboxylic acids is 1. The van der Waals surface area contributed by atoms with E-state index in [0.29, 0.717) is 32.4 Å². The highest BCUT2D eigenvalue weighted by molar-refractivity contribution is 5.85. The van der Waals surface area contributed by atoms with Crippen molar-refractivity contribution in [1.29, 1.82) is 0 Å². The first-order valence-electron chi connectivity index (χ1n) is 8.95. The predicted octanol–water partition coefficient (Wildman–Crippen LogP) is 1.53. The summed E-state index contributed by atoms with van der Waals surface area (Å²) in [6.45, 7) is 6.66. The number of piperidine rings is 1. The summed E-state index contributed by atoms with van der Waals surface area (Å²) >= 11 is 0. The first-order valence-corrected chi connectivity index (χ1v) is 8.95. The number of amides is 3. The molecule has 0 saturated carbocycles. The average Bonchev–Trinajstić information content (AvgIpc) is 3.07. The molecule has 1 unspecified atom stereocenters. The molecule has 0 aromatic rings. The molecular formula is C17H29N3O4. The van der Waals surface area contributed by atoms with Gasteiger partial charge in [-0.15, -0.1) is 0 Å². The van der Waals surface area contributed by atoms with Crippen LogP contribution < -0.4 is 5.32 Å². The fourth-order valence-corrected chi connectivity index (χ4v) is 3.42. The van der Waals surface area contributed by atoms with Gasteiger partial charge in [-0.1, -0.05) is 13.8 Å². The van der Waals surface area contributed by atoms with Gasteiger partial charge in [-0.2, -0.15) is 0 Å². The van der Waals surface area contributed by atoms with E-state index in [1.165, 1.54) is 0 Å². The van der Waals surface area contributed by atoms with E-state index in [0.717, 1.165) is 25.9 Å². The smallest absolute Gasteiger partial charge is 0.326 e. The molecule has 2 saturated heterocycles. The Morgan fingerprint density at radius 3 is 2.08 bits per heavy atom. The minimum atomic E-state index is -0.987. The minimum Gasteiger partial charge on any atom is -0.480 e. The number of rotatable bonds is 5. The quantitative estimate of drug-likeness (QED) is 0.795. The van der Waals surface area contributed by atoms with Gasteiger partial charge in [0.25, 0.3) is 0 Å². The summed E-state index contributed by atoms with van der Waals surface area (Å²) in [5.74, 6) is -1.19. The van der Waals surface area contributed by atoms with Crippen LogP contribution in [0.25, 0.3) is 0 Å². The number of carbonyl (C=O) groups is 3. The second kappa shape index (κ2) is 8.35. The summed E-state index contributed by atoms with van der Waals surface area (Å²) in [5, 5.41) is 11.9. The van der Waals surface area contributed by atoms with Crippen LogP contribution in [0, 0.1) is 11.8 Å². The number of carboxylic acid groups (broad SMARTS) is 1. The van der Waals surface area contributed by atoms with Gasteiger partial charge in [0.15, 0.2) is 0 Å². The number of hydrogen-bond donors (Lipinski definition) is 2. The molecule has 0 bridgehead atoms. The highest BCUT2D eigenvalue weighted by Gasteiger charge is 2.32. The standard InChI is InChI=1S/C17H29N3O4/c1-12(2)11-14(16(22)23)18-15(21)13-5-9-20(10-6-13)17(24)19-7-3-4-8-19/h12-14H,3-11H2,1-2H3,(H,18,21)(H,22,23). The third-order valence-electron chi connectivity index (χ3n) is 4.83. The molecule has 136 valence electrons. The molecule has 7 heteroatoms. The highest BCUT2D eigenvalue weighted by Crippen LogP contribution is 2.20. The van der Waals surface area contributed by atoms with Gasteiger partial charge >= 0.3 is 12.0 Å². The predicted molar refractivity (Wildman–Crippen MR) is 89.5 cm³/mol.